The molecule has 4 N–H and O–H groups in total. The number of benzene rings is 2. The molecule has 0 bridgehead atoms. The average Bonchev–Trinajstić information content (AvgIpc) is 2.67. The summed E-state index contributed by atoms with van der Waals surface area (Å²) in [5, 5.41) is 13.2. The van der Waals surface area contributed by atoms with E-state index >= 15 is 0 Å². The molecule has 128 valence electrons. The first-order valence-corrected chi connectivity index (χ1v) is 7.89. The van der Waals surface area contributed by atoms with Crippen LogP contribution in [0.3, 0.4) is 0 Å². The lowest BCUT2D eigenvalue weighted by Crippen LogP contribution is -2.16. The molecule has 1 amide bonds. The lowest BCUT2D eigenvalue weighted by atomic mass is 10.2. The Hall–Kier alpha value is -3.85. The van der Waals surface area contributed by atoms with Crippen molar-refractivity contribution in [1.82, 2.24) is 9.97 Å². The van der Waals surface area contributed by atoms with Gasteiger partial charge >= 0.3 is 0 Å². The first-order chi connectivity index (χ1) is 12.6. The molecule has 0 aliphatic heterocycles. The Kier molecular flexibility index (Phi) is 5.11. The third kappa shape index (κ3) is 4.16. The quantitative estimate of drug-likeness (QED) is 0.631. The van der Waals surface area contributed by atoms with E-state index in [2.05, 4.69) is 27.1 Å². The summed E-state index contributed by atoms with van der Waals surface area (Å²) in [5.74, 6) is 4.54. The van der Waals surface area contributed by atoms with Gasteiger partial charge in [0.2, 0.25) is 5.95 Å². The van der Waals surface area contributed by atoms with Crippen molar-refractivity contribution in [3.63, 3.8) is 0 Å². The maximum absolute atomic E-state index is 11.6. The highest BCUT2D eigenvalue weighted by Crippen LogP contribution is 2.20. The minimum absolute atomic E-state index is 0.0354. The van der Waals surface area contributed by atoms with Crippen LogP contribution in [0, 0.1) is 11.8 Å². The van der Waals surface area contributed by atoms with Gasteiger partial charge < -0.3 is 16.2 Å². The van der Waals surface area contributed by atoms with Gasteiger partial charge in [0.1, 0.15) is 0 Å². The molecule has 0 saturated carbocycles. The molecule has 0 saturated heterocycles. The lowest BCUT2D eigenvalue weighted by molar-refractivity contribution is 0.0992. The molecule has 0 unspecified atom stereocenters. The number of hydrogen-bond donors (Lipinski definition) is 3. The van der Waals surface area contributed by atoms with Gasteiger partial charge in [0, 0.05) is 12.1 Å². The first-order valence-electron chi connectivity index (χ1n) is 7.89. The molecule has 1 aromatic heterocycles. The number of rotatable bonds is 4. The standard InChI is InChI=1S/C20H16N4O2/c21-19(26)17-18(25)16(12-11-14-7-3-1-4-8-14)23-20(24-17)22-13-15-9-5-2-6-10-15/h1-10,25H,13H2,(H2,21,26)(H,22,23,24). The SMILES string of the molecule is NC(=O)c1nc(NCc2ccccc2)nc(C#Cc2ccccc2)c1O. The predicted octanol–water partition coefficient (Wildman–Crippen LogP) is 2.29. The van der Waals surface area contributed by atoms with Crippen LogP contribution in [0.5, 0.6) is 5.75 Å². The van der Waals surface area contributed by atoms with E-state index < -0.39 is 11.7 Å². The van der Waals surface area contributed by atoms with E-state index in [0.717, 1.165) is 11.1 Å². The third-order valence-electron chi connectivity index (χ3n) is 3.51. The maximum Gasteiger partial charge on any atom is 0.271 e. The van der Waals surface area contributed by atoms with Crippen LogP contribution in [-0.2, 0) is 6.54 Å². The van der Waals surface area contributed by atoms with Gasteiger partial charge in [0.15, 0.2) is 17.1 Å². The predicted molar refractivity (Wildman–Crippen MR) is 98.4 cm³/mol. The summed E-state index contributed by atoms with van der Waals surface area (Å²) in [5.41, 5.74) is 6.84. The first kappa shape index (κ1) is 17.0. The van der Waals surface area contributed by atoms with E-state index in [1.165, 1.54) is 0 Å². The number of anilines is 1. The lowest BCUT2D eigenvalue weighted by Gasteiger charge is -2.08. The molecule has 6 heteroatoms. The summed E-state index contributed by atoms with van der Waals surface area (Å²) >= 11 is 0. The fourth-order valence-corrected chi connectivity index (χ4v) is 2.22. The molecule has 3 rings (SSSR count). The number of primary amides is 1. The summed E-state index contributed by atoms with van der Waals surface area (Å²) in [6.07, 6.45) is 0. The molecule has 3 aromatic rings. The van der Waals surface area contributed by atoms with Crippen LogP contribution in [0.1, 0.15) is 27.3 Å². The van der Waals surface area contributed by atoms with Crippen LogP contribution in [0.25, 0.3) is 0 Å². The van der Waals surface area contributed by atoms with Crippen molar-refractivity contribution in [3.8, 4) is 17.6 Å². The summed E-state index contributed by atoms with van der Waals surface area (Å²) in [6, 6.07) is 18.9. The Balaban J connectivity index is 1.92. The normalized spacial score (nSPS) is 9.85. The maximum atomic E-state index is 11.6. The summed E-state index contributed by atoms with van der Waals surface area (Å²) < 4.78 is 0. The molecule has 0 aliphatic carbocycles. The van der Waals surface area contributed by atoms with Crippen molar-refractivity contribution in [2.45, 2.75) is 6.54 Å². The van der Waals surface area contributed by atoms with Gasteiger partial charge in [-0.3, -0.25) is 4.79 Å². The van der Waals surface area contributed by atoms with E-state index in [1.807, 2.05) is 60.7 Å². The van der Waals surface area contributed by atoms with Gasteiger partial charge in [0.25, 0.3) is 5.91 Å². The van der Waals surface area contributed by atoms with Gasteiger partial charge in [-0.2, -0.15) is 0 Å². The van der Waals surface area contributed by atoms with Gasteiger partial charge in [-0.15, -0.1) is 0 Å². The van der Waals surface area contributed by atoms with Crippen LogP contribution < -0.4 is 11.1 Å². The Morgan fingerprint density at radius 3 is 2.31 bits per heavy atom. The molecule has 0 spiro atoms. The zero-order valence-electron chi connectivity index (χ0n) is 13.8. The van der Waals surface area contributed by atoms with Crippen LogP contribution >= 0.6 is 0 Å². The van der Waals surface area contributed by atoms with Crippen LogP contribution in [0.15, 0.2) is 60.7 Å². The van der Waals surface area contributed by atoms with Crippen molar-refractivity contribution < 1.29 is 9.90 Å². The van der Waals surface area contributed by atoms with Gasteiger partial charge in [-0.25, -0.2) is 9.97 Å². The van der Waals surface area contributed by atoms with Crippen molar-refractivity contribution >= 4 is 11.9 Å². The number of aromatic hydroxyl groups is 1. The second-order valence-electron chi connectivity index (χ2n) is 5.41. The average molecular weight is 344 g/mol. The minimum atomic E-state index is -0.851. The van der Waals surface area contributed by atoms with E-state index in [9.17, 15) is 9.90 Å². The topological polar surface area (TPSA) is 101 Å². The zero-order chi connectivity index (χ0) is 18.4. The second-order valence-corrected chi connectivity index (χ2v) is 5.41. The summed E-state index contributed by atoms with van der Waals surface area (Å²) in [7, 11) is 0. The third-order valence-corrected chi connectivity index (χ3v) is 3.51. The highest BCUT2D eigenvalue weighted by atomic mass is 16.3. The highest BCUT2D eigenvalue weighted by molar-refractivity contribution is 5.94. The smallest absolute Gasteiger partial charge is 0.271 e. The highest BCUT2D eigenvalue weighted by Gasteiger charge is 2.16. The number of hydrogen-bond acceptors (Lipinski definition) is 5. The molecule has 0 fully saturated rings. The molecular formula is C20H16N4O2. The van der Waals surface area contributed by atoms with Crippen molar-refractivity contribution in [2.75, 3.05) is 5.32 Å². The van der Waals surface area contributed by atoms with Crippen LogP contribution in [-0.4, -0.2) is 21.0 Å². The molecule has 0 aliphatic rings. The van der Waals surface area contributed by atoms with Crippen LogP contribution in [0.2, 0.25) is 0 Å². The monoisotopic (exact) mass is 344 g/mol. The Morgan fingerprint density at radius 1 is 1.00 bits per heavy atom. The zero-order valence-corrected chi connectivity index (χ0v) is 13.8. The fourth-order valence-electron chi connectivity index (χ4n) is 2.22. The molecule has 26 heavy (non-hydrogen) atoms. The number of carbonyl (C=O) groups excluding carboxylic acids is 1. The molecular weight excluding hydrogens is 328 g/mol. The van der Waals surface area contributed by atoms with Gasteiger partial charge in [-0.05, 0) is 23.6 Å². The molecule has 2 aromatic carbocycles. The number of aromatic nitrogens is 2. The van der Waals surface area contributed by atoms with E-state index in [-0.39, 0.29) is 17.3 Å². The number of nitrogens with zero attached hydrogens (tertiary/aromatic N) is 2. The van der Waals surface area contributed by atoms with E-state index in [0.29, 0.717) is 6.54 Å². The van der Waals surface area contributed by atoms with E-state index in [4.69, 9.17) is 5.73 Å². The van der Waals surface area contributed by atoms with Crippen LogP contribution in [0.4, 0.5) is 5.95 Å². The van der Waals surface area contributed by atoms with Gasteiger partial charge in [0.05, 0.1) is 0 Å². The summed E-state index contributed by atoms with van der Waals surface area (Å²) in [6.45, 7) is 0.454. The summed E-state index contributed by atoms with van der Waals surface area (Å²) in [4.78, 5) is 19.8. The van der Waals surface area contributed by atoms with Crippen molar-refractivity contribution in [1.29, 1.82) is 0 Å². The Morgan fingerprint density at radius 2 is 1.65 bits per heavy atom. The Bertz CT molecular complexity index is 977. The number of carbonyl (C=O) groups is 1. The minimum Gasteiger partial charge on any atom is -0.503 e. The van der Waals surface area contributed by atoms with Crippen molar-refractivity contribution in [3.05, 3.63) is 83.2 Å². The second kappa shape index (κ2) is 7.81. The molecule has 1 heterocycles. The van der Waals surface area contributed by atoms with Crippen molar-refractivity contribution in [2.24, 2.45) is 5.73 Å². The Labute approximate surface area is 150 Å². The fraction of sp³-hybridized carbons (Fsp3) is 0.0500. The number of amides is 1. The van der Waals surface area contributed by atoms with Gasteiger partial charge in [-0.1, -0.05) is 54.5 Å². The number of nitrogens with two attached hydrogens (primary N) is 1. The molecule has 0 atom stereocenters. The largest absolute Gasteiger partial charge is 0.503 e. The number of nitrogens with one attached hydrogen (secondary N) is 1. The molecule has 0 radical (unpaired) electrons. The van der Waals surface area contributed by atoms with E-state index in [1.54, 1.807) is 0 Å². The molecule has 6 nitrogen and oxygen atoms in total.